The molecule has 3 N–H and O–H groups in total. The van der Waals surface area contributed by atoms with Gasteiger partial charge in [0.1, 0.15) is 5.82 Å². The molecule has 2 rings (SSSR count). The minimum atomic E-state index is 0.287. The van der Waals surface area contributed by atoms with Gasteiger partial charge in [0, 0.05) is 18.7 Å². The van der Waals surface area contributed by atoms with Crippen molar-refractivity contribution in [1.29, 1.82) is 0 Å². The maximum atomic E-state index is 5.73. The Balaban J connectivity index is 2.61. The lowest BCUT2D eigenvalue weighted by atomic mass is 9.98. The first-order valence-corrected chi connectivity index (χ1v) is 5.92. The smallest absolute Gasteiger partial charge is 0.222 e. The van der Waals surface area contributed by atoms with Gasteiger partial charge in [-0.3, -0.25) is 0 Å². The van der Waals surface area contributed by atoms with E-state index in [0.29, 0.717) is 0 Å². The quantitative estimate of drug-likeness (QED) is 0.849. The fraction of sp³-hybridized carbons (Fsp3) is 0.286. The zero-order chi connectivity index (χ0) is 13.3. The lowest BCUT2D eigenvalue weighted by molar-refractivity contribution is 1.17. The van der Waals surface area contributed by atoms with Crippen LogP contribution >= 0.6 is 0 Å². The molecule has 0 radical (unpaired) electrons. The molecular weight excluding hydrogens is 224 g/mol. The molecule has 0 aliphatic carbocycles. The second kappa shape index (κ2) is 4.64. The normalized spacial score (nSPS) is 10.4. The SMILES string of the molecule is CNc1cc(-c2cc(C)c(C)cc2C)nc(N)n1. The van der Waals surface area contributed by atoms with Gasteiger partial charge < -0.3 is 11.1 Å². The zero-order valence-corrected chi connectivity index (χ0v) is 11.2. The Bertz CT molecular complexity index is 591. The second-order valence-electron chi connectivity index (χ2n) is 4.50. The van der Waals surface area contributed by atoms with Crippen LogP contribution in [0, 0.1) is 20.8 Å². The standard InChI is InChI=1S/C14H18N4/c1-8-5-10(3)11(6-9(8)2)12-7-13(16-4)18-14(15)17-12/h5-7H,1-4H3,(H3,15,16,17,18). The molecule has 2 aromatic rings. The Labute approximate surface area is 107 Å². The summed E-state index contributed by atoms with van der Waals surface area (Å²) in [5.41, 5.74) is 11.4. The molecule has 0 aliphatic heterocycles. The van der Waals surface area contributed by atoms with Crippen LogP contribution in [-0.4, -0.2) is 17.0 Å². The van der Waals surface area contributed by atoms with E-state index in [-0.39, 0.29) is 5.95 Å². The fourth-order valence-corrected chi connectivity index (χ4v) is 1.97. The number of aryl methyl sites for hydroxylation is 3. The number of hydrogen-bond donors (Lipinski definition) is 2. The second-order valence-corrected chi connectivity index (χ2v) is 4.50. The highest BCUT2D eigenvalue weighted by molar-refractivity contribution is 5.68. The van der Waals surface area contributed by atoms with Gasteiger partial charge >= 0.3 is 0 Å². The molecule has 0 saturated carbocycles. The van der Waals surface area contributed by atoms with E-state index in [1.807, 2.05) is 13.1 Å². The number of nitrogens with one attached hydrogen (secondary N) is 1. The predicted octanol–water partition coefficient (Wildman–Crippen LogP) is 2.69. The van der Waals surface area contributed by atoms with E-state index in [0.717, 1.165) is 17.1 Å². The molecule has 1 aromatic heterocycles. The number of nitrogen functional groups attached to an aromatic ring is 1. The molecule has 0 spiro atoms. The molecule has 0 saturated heterocycles. The van der Waals surface area contributed by atoms with Crippen LogP contribution in [0.15, 0.2) is 18.2 Å². The van der Waals surface area contributed by atoms with Crippen molar-refractivity contribution in [2.75, 3.05) is 18.1 Å². The van der Waals surface area contributed by atoms with Crippen LogP contribution in [0.2, 0.25) is 0 Å². The van der Waals surface area contributed by atoms with Gasteiger partial charge in [-0.05, 0) is 43.5 Å². The third-order valence-electron chi connectivity index (χ3n) is 3.12. The molecule has 0 amide bonds. The highest BCUT2D eigenvalue weighted by atomic mass is 15.1. The van der Waals surface area contributed by atoms with Gasteiger partial charge in [-0.2, -0.15) is 4.98 Å². The van der Waals surface area contributed by atoms with E-state index in [4.69, 9.17) is 5.73 Å². The Kier molecular flexibility index (Phi) is 3.19. The third kappa shape index (κ3) is 2.27. The number of anilines is 2. The Morgan fingerprint density at radius 3 is 2.28 bits per heavy atom. The fourth-order valence-electron chi connectivity index (χ4n) is 1.97. The average molecular weight is 242 g/mol. The van der Waals surface area contributed by atoms with Crippen molar-refractivity contribution in [3.63, 3.8) is 0 Å². The summed E-state index contributed by atoms with van der Waals surface area (Å²) in [5, 5.41) is 2.99. The number of nitrogens with zero attached hydrogens (tertiary/aromatic N) is 2. The van der Waals surface area contributed by atoms with E-state index < -0.39 is 0 Å². The van der Waals surface area contributed by atoms with Crippen molar-refractivity contribution in [1.82, 2.24) is 9.97 Å². The molecule has 4 nitrogen and oxygen atoms in total. The Morgan fingerprint density at radius 1 is 0.944 bits per heavy atom. The van der Waals surface area contributed by atoms with Gasteiger partial charge in [0.25, 0.3) is 0 Å². The lowest BCUT2D eigenvalue weighted by Gasteiger charge is -2.11. The molecule has 0 atom stereocenters. The molecule has 0 fully saturated rings. The molecule has 0 aliphatic rings. The zero-order valence-electron chi connectivity index (χ0n) is 11.2. The number of benzene rings is 1. The maximum absolute atomic E-state index is 5.73. The Morgan fingerprint density at radius 2 is 1.61 bits per heavy atom. The highest BCUT2D eigenvalue weighted by Gasteiger charge is 2.08. The largest absolute Gasteiger partial charge is 0.373 e. The summed E-state index contributed by atoms with van der Waals surface area (Å²) in [5.74, 6) is 1.02. The van der Waals surface area contributed by atoms with E-state index in [9.17, 15) is 0 Å². The van der Waals surface area contributed by atoms with Gasteiger partial charge in [-0.1, -0.05) is 6.07 Å². The first-order valence-electron chi connectivity index (χ1n) is 5.92. The first kappa shape index (κ1) is 12.4. The monoisotopic (exact) mass is 242 g/mol. The predicted molar refractivity (Wildman–Crippen MR) is 75.6 cm³/mol. The van der Waals surface area contributed by atoms with Crippen molar-refractivity contribution in [2.45, 2.75) is 20.8 Å². The number of aromatic nitrogens is 2. The summed E-state index contributed by atoms with van der Waals surface area (Å²) >= 11 is 0. The van der Waals surface area contributed by atoms with Gasteiger partial charge in [-0.15, -0.1) is 0 Å². The third-order valence-corrected chi connectivity index (χ3v) is 3.12. The summed E-state index contributed by atoms with van der Waals surface area (Å²) in [6.45, 7) is 6.29. The van der Waals surface area contributed by atoms with Crippen LogP contribution in [0.3, 0.4) is 0 Å². The average Bonchev–Trinajstić information content (AvgIpc) is 2.33. The minimum absolute atomic E-state index is 0.287. The lowest BCUT2D eigenvalue weighted by Crippen LogP contribution is -2.02. The number of hydrogen-bond acceptors (Lipinski definition) is 4. The maximum Gasteiger partial charge on any atom is 0.222 e. The molecule has 18 heavy (non-hydrogen) atoms. The highest BCUT2D eigenvalue weighted by Crippen LogP contribution is 2.26. The van der Waals surface area contributed by atoms with Crippen LogP contribution in [0.5, 0.6) is 0 Å². The van der Waals surface area contributed by atoms with E-state index in [2.05, 4.69) is 48.2 Å². The van der Waals surface area contributed by atoms with E-state index in [1.54, 1.807) is 0 Å². The molecular formula is C14H18N4. The van der Waals surface area contributed by atoms with Gasteiger partial charge in [0.05, 0.1) is 5.69 Å². The number of nitrogens with two attached hydrogens (primary N) is 1. The summed E-state index contributed by atoms with van der Waals surface area (Å²) in [4.78, 5) is 8.41. The topological polar surface area (TPSA) is 63.8 Å². The van der Waals surface area contributed by atoms with Crippen molar-refractivity contribution >= 4 is 11.8 Å². The molecule has 94 valence electrons. The molecule has 0 unspecified atom stereocenters. The van der Waals surface area contributed by atoms with E-state index in [1.165, 1.54) is 16.7 Å². The summed E-state index contributed by atoms with van der Waals surface area (Å²) in [6, 6.07) is 6.22. The molecule has 0 bridgehead atoms. The van der Waals surface area contributed by atoms with Gasteiger partial charge in [0.2, 0.25) is 5.95 Å². The van der Waals surface area contributed by atoms with Gasteiger partial charge in [0.15, 0.2) is 0 Å². The minimum Gasteiger partial charge on any atom is -0.373 e. The number of rotatable bonds is 2. The Hall–Kier alpha value is -2.10. The molecule has 1 aromatic carbocycles. The van der Waals surface area contributed by atoms with Crippen molar-refractivity contribution in [2.24, 2.45) is 0 Å². The van der Waals surface area contributed by atoms with Gasteiger partial charge in [-0.25, -0.2) is 4.98 Å². The van der Waals surface area contributed by atoms with Crippen molar-refractivity contribution in [3.8, 4) is 11.3 Å². The van der Waals surface area contributed by atoms with Crippen LogP contribution in [0.25, 0.3) is 11.3 Å². The first-order chi connectivity index (χ1) is 8.51. The summed E-state index contributed by atoms with van der Waals surface area (Å²) < 4.78 is 0. The van der Waals surface area contributed by atoms with Crippen molar-refractivity contribution < 1.29 is 0 Å². The van der Waals surface area contributed by atoms with Crippen molar-refractivity contribution in [3.05, 3.63) is 34.9 Å². The van der Waals surface area contributed by atoms with E-state index >= 15 is 0 Å². The molecule has 1 heterocycles. The summed E-state index contributed by atoms with van der Waals surface area (Å²) in [6.07, 6.45) is 0. The van der Waals surface area contributed by atoms with Crippen LogP contribution in [0.4, 0.5) is 11.8 Å². The van der Waals surface area contributed by atoms with Crippen LogP contribution < -0.4 is 11.1 Å². The summed E-state index contributed by atoms with van der Waals surface area (Å²) in [7, 11) is 1.82. The molecule has 4 heteroatoms. The van der Waals surface area contributed by atoms with Crippen LogP contribution in [-0.2, 0) is 0 Å². The van der Waals surface area contributed by atoms with Crippen LogP contribution in [0.1, 0.15) is 16.7 Å².